The van der Waals surface area contributed by atoms with E-state index in [1.807, 2.05) is 17.1 Å². The summed E-state index contributed by atoms with van der Waals surface area (Å²) in [7, 11) is 0. The van der Waals surface area contributed by atoms with E-state index >= 15 is 0 Å². The van der Waals surface area contributed by atoms with Gasteiger partial charge in [0.05, 0.1) is 6.33 Å². The minimum absolute atomic E-state index is 0.865. The molecule has 1 aromatic carbocycles. The molecule has 1 saturated carbocycles. The van der Waals surface area contributed by atoms with Gasteiger partial charge < -0.3 is 9.88 Å². The smallest absolute Gasteiger partial charge is 0.0991 e. The highest BCUT2D eigenvalue weighted by Gasteiger charge is 2.20. The predicted molar refractivity (Wildman–Crippen MR) is 86.4 cm³/mol. The molecule has 3 heteroatoms. The van der Waals surface area contributed by atoms with Crippen molar-refractivity contribution < 1.29 is 0 Å². The van der Waals surface area contributed by atoms with Gasteiger partial charge in [-0.2, -0.15) is 0 Å². The number of benzene rings is 1. The number of nitrogens with zero attached hydrogens (tertiary/aromatic N) is 2. The molecule has 0 radical (unpaired) electrons. The fraction of sp³-hybridized carbons (Fsp3) is 0.500. The Labute approximate surface area is 127 Å². The van der Waals surface area contributed by atoms with Crippen molar-refractivity contribution in [2.45, 2.75) is 39.2 Å². The Bertz CT molecular complexity index is 530. The molecule has 0 amide bonds. The number of nitrogens with one attached hydrogen (secondary N) is 1. The van der Waals surface area contributed by atoms with Crippen molar-refractivity contribution in [2.75, 3.05) is 6.54 Å². The third kappa shape index (κ3) is 3.73. The fourth-order valence-electron chi connectivity index (χ4n) is 3.30. The van der Waals surface area contributed by atoms with E-state index in [-0.39, 0.29) is 0 Å². The molecule has 1 aliphatic rings. The first-order valence-corrected chi connectivity index (χ1v) is 8.11. The summed E-state index contributed by atoms with van der Waals surface area (Å²) in [6, 6.07) is 8.71. The maximum Gasteiger partial charge on any atom is 0.0991 e. The Kier molecular flexibility index (Phi) is 4.71. The van der Waals surface area contributed by atoms with Gasteiger partial charge in [0.25, 0.3) is 0 Å². The molecule has 1 aliphatic carbocycles. The van der Waals surface area contributed by atoms with Crippen molar-refractivity contribution >= 4 is 0 Å². The molecule has 1 fully saturated rings. The third-order valence-corrected chi connectivity index (χ3v) is 4.76. The molecule has 112 valence electrons. The van der Waals surface area contributed by atoms with E-state index in [0.717, 1.165) is 30.6 Å². The van der Waals surface area contributed by atoms with E-state index in [4.69, 9.17) is 0 Å². The molecule has 2 unspecified atom stereocenters. The monoisotopic (exact) mass is 283 g/mol. The average Bonchev–Trinajstić information content (AvgIpc) is 3.04. The van der Waals surface area contributed by atoms with Crippen LogP contribution in [0.4, 0.5) is 0 Å². The largest absolute Gasteiger partial charge is 0.312 e. The molecule has 1 heterocycles. The van der Waals surface area contributed by atoms with Crippen LogP contribution >= 0.6 is 0 Å². The van der Waals surface area contributed by atoms with Gasteiger partial charge in [-0.25, -0.2) is 4.98 Å². The number of aromatic nitrogens is 2. The molecule has 0 bridgehead atoms. The second-order valence-corrected chi connectivity index (χ2v) is 6.29. The van der Waals surface area contributed by atoms with Gasteiger partial charge in [-0.15, -0.1) is 0 Å². The van der Waals surface area contributed by atoms with E-state index in [9.17, 15) is 0 Å². The number of imidazole rings is 1. The maximum absolute atomic E-state index is 4.08. The van der Waals surface area contributed by atoms with Crippen LogP contribution in [-0.4, -0.2) is 16.1 Å². The Morgan fingerprint density at radius 3 is 2.71 bits per heavy atom. The van der Waals surface area contributed by atoms with Crippen molar-refractivity contribution in [1.82, 2.24) is 14.9 Å². The Morgan fingerprint density at radius 2 is 2.00 bits per heavy atom. The third-order valence-electron chi connectivity index (χ3n) is 4.76. The van der Waals surface area contributed by atoms with Crippen molar-refractivity contribution in [3.8, 4) is 5.69 Å². The van der Waals surface area contributed by atoms with Crippen LogP contribution in [0, 0.1) is 11.8 Å². The highest BCUT2D eigenvalue weighted by molar-refractivity contribution is 5.34. The minimum atomic E-state index is 0.865. The van der Waals surface area contributed by atoms with E-state index in [0.29, 0.717) is 0 Å². The molecule has 21 heavy (non-hydrogen) atoms. The van der Waals surface area contributed by atoms with Gasteiger partial charge in [-0.1, -0.05) is 38.3 Å². The van der Waals surface area contributed by atoms with Crippen molar-refractivity contribution in [3.63, 3.8) is 0 Å². The van der Waals surface area contributed by atoms with E-state index in [1.165, 1.54) is 31.2 Å². The van der Waals surface area contributed by atoms with Gasteiger partial charge in [-0.3, -0.25) is 0 Å². The Morgan fingerprint density at radius 1 is 1.19 bits per heavy atom. The highest BCUT2D eigenvalue weighted by atomic mass is 15.0. The topological polar surface area (TPSA) is 29.9 Å². The normalized spacial score (nSPS) is 22.3. The van der Waals surface area contributed by atoms with Gasteiger partial charge in [0.1, 0.15) is 0 Å². The summed E-state index contributed by atoms with van der Waals surface area (Å²) < 4.78 is 2.03. The zero-order valence-corrected chi connectivity index (χ0v) is 12.8. The fourth-order valence-corrected chi connectivity index (χ4v) is 3.30. The van der Waals surface area contributed by atoms with Crippen LogP contribution in [0.25, 0.3) is 5.69 Å². The summed E-state index contributed by atoms with van der Waals surface area (Å²) >= 11 is 0. The summed E-state index contributed by atoms with van der Waals surface area (Å²) in [4.78, 5) is 4.08. The lowest BCUT2D eigenvalue weighted by molar-refractivity contribution is 0.247. The average molecular weight is 283 g/mol. The molecule has 0 spiro atoms. The molecule has 1 aromatic heterocycles. The van der Waals surface area contributed by atoms with E-state index in [1.54, 1.807) is 6.20 Å². The van der Waals surface area contributed by atoms with E-state index in [2.05, 4.69) is 41.5 Å². The molecule has 0 saturated heterocycles. The minimum Gasteiger partial charge on any atom is -0.312 e. The molecule has 2 atom stereocenters. The molecule has 2 aromatic rings. The second kappa shape index (κ2) is 6.90. The number of hydrogen-bond donors (Lipinski definition) is 1. The molecule has 1 N–H and O–H groups in total. The van der Waals surface area contributed by atoms with Crippen LogP contribution in [-0.2, 0) is 6.54 Å². The molecule has 3 nitrogen and oxygen atoms in total. The number of rotatable bonds is 5. The van der Waals surface area contributed by atoms with Gasteiger partial charge in [0, 0.05) is 24.6 Å². The van der Waals surface area contributed by atoms with Crippen LogP contribution in [0.3, 0.4) is 0 Å². The summed E-state index contributed by atoms with van der Waals surface area (Å²) in [5.41, 5.74) is 2.51. The zero-order valence-electron chi connectivity index (χ0n) is 12.8. The van der Waals surface area contributed by atoms with Gasteiger partial charge in [-0.05, 0) is 42.5 Å². The first-order valence-electron chi connectivity index (χ1n) is 8.11. The summed E-state index contributed by atoms with van der Waals surface area (Å²) in [6.07, 6.45) is 11.2. The van der Waals surface area contributed by atoms with Crippen LogP contribution in [0.1, 0.15) is 38.2 Å². The van der Waals surface area contributed by atoms with Gasteiger partial charge in [0.2, 0.25) is 0 Å². The van der Waals surface area contributed by atoms with Crippen LogP contribution in [0.2, 0.25) is 0 Å². The summed E-state index contributed by atoms with van der Waals surface area (Å²) in [5, 5.41) is 3.64. The Balaban J connectivity index is 1.49. The van der Waals surface area contributed by atoms with Crippen molar-refractivity contribution in [3.05, 3.63) is 48.5 Å². The maximum atomic E-state index is 4.08. The standard InChI is InChI=1S/C18H25N3/c1-15-4-2-3-5-17(15)13-20-12-16-6-8-18(9-7-16)21-11-10-19-14-21/h6-11,14-15,17,20H,2-5,12-13H2,1H3. The van der Waals surface area contributed by atoms with Gasteiger partial charge >= 0.3 is 0 Å². The van der Waals surface area contributed by atoms with Crippen LogP contribution < -0.4 is 5.32 Å². The zero-order chi connectivity index (χ0) is 14.5. The SMILES string of the molecule is CC1CCCCC1CNCc1ccc(-n2ccnc2)cc1. The first kappa shape index (κ1) is 14.3. The summed E-state index contributed by atoms with van der Waals surface area (Å²) in [5.74, 6) is 1.75. The molecular formula is C18H25N3. The quantitative estimate of drug-likeness (QED) is 0.905. The van der Waals surface area contributed by atoms with E-state index < -0.39 is 0 Å². The molecule has 0 aliphatic heterocycles. The second-order valence-electron chi connectivity index (χ2n) is 6.29. The summed E-state index contributed by atoms with van der Waals surface area (Å²) in [6.45, 7) is 4.53. The lowest BCUT2D eigenvalue weighted by Gasteiger charge is -2.28. The number of hydrogen-bond acceptors (Lipinski definition) is 2. The first-order chi connectivity index (χ1) is 10.3. The van der Waals surface area contributed by atoms with Crippen molar-refractivity contribution in [2.24, 2.45) is 11.8 Å². The highest BCUT2D eigenvalue weighted by Crippen LogP contribution is 2.28. The lowest BCUT2D eigenvalue weighted by Crippen LogP contribution is -2.29. The lowest BCUT2D eigenvalue weighted by atomic mass is 9.80. The predicted octanol–water partition coefficient (Wildman–Crippen LogP) is 3.79. The van der Waals surface area contributed by atoms with Crippen LogP contribution in [0.15, 0.2) is 43.0 Å². The molecular weight excluding hydrogens is 258 g/mol. The van der Waals surface area contributed by atoms with Gasteiger partial charge in [0.15, 0.2) is 0 Å². The van der Waals surface area contributed by atoms with Crippen LogP contribution in [0.5, 0.6) is 0 Å². The van der Waals surface area contributed by atoms with Crippen molar-refractivity contribution in [1.29, 1.82) is 0 Å². The molecule has 3 rings (SSSR count). The Hall–Kier alpha value is -1.61.